The number of hydrogen-bond acceptors (Lipinski definition) is 4. The molecule has 7 nitrogen and oxygen atoms in total. The minimum Gasteiger partial charge on any atom is -0.347 e. The molecule has 0 atom stereocenters. The van der Waals surface area contributed by atoms with Crippen molar-refractivity contribution in [1.82, 2.24) is 25.2 Å². The van der Waals surface area contributed by atoms with Crippen molar-refractivity contribution in [3.05, 3.63) is 41.2 Å². The monoisotopic (exact) mass is 407 g/mol. The molecule has 29 heavy (non-hydrogen) atoms. The summed E-state index contributed by atoms with van der Waals surface area (Å²) >= 11 is 0. The van der Waals surface area contributed by atoms with E-state index in [1.165, 1.54) is 0 Å². The fraction of sp³-hybridized carbons (Fsp3) is 0.368. The number of benzene rings is 1. The second kappa shape index (κ2) is 8.06. The largest absolute Gasteiger partial charge is 0.405 e. The lowest BCUT2D eigenvalue weighted by Crippen LogP contribution is -2.40. The lowest BCUT2D eigenvalue weighted by Gasteiger charge is -2.12. The zero-order valence-corrected chi connectivity index (χ0v) is 15.9. The summed E-state index contributed by atoms with van der Waals surface area (Å²) in [5.74, 6) is -1.33. The number of alkyl halides is 3. The first-order chi connectivity index (χ1) is 13.7. The van der Waals surface area contributed by atoms with Gasteiger partial charge in [0.05, 0.1) is 12.1 Å². The lowest BCUT2D eigenvalue weighted by molar-refractivity contribution is -0.138. The number of hydrogen-bond donors (Lipinski definition) is 2. The highest BCUT2D eigenvalue weighted by atomic mass is 19.4. The summed E-state index contributed by atoms with van der Waals surface area (Å²) in [6, 6.07) is 7.66. The van der Waals surface area contributed by atoms with Crippen molar-refractivity contribution in [2.45, 2.75) is 32.9 Å². The van der Waals surface area contributed by atoms with Gasteiger partial charge in [0.25, 0.3) is 0 Å². The van der Waals surface area contributed by atoms with E-state index in [4.69, 9.17) is 0 Å². The molecular formula is C19H20F3N5O2. The van der Waals surface area contributed by atoms with Crippen molar-refractivity contribution in [2.75, 3.05) is 13.1 Å². The molecule has 0 aliphatic carbocycles. The highest BCUT2D eigenvalue weighted by molar-refractivity contribution is 5.92. The van der Waals surface area contributed by atoms with E-state index in [0.29, 0.717) is 6.42 Å². The molecule has 0 bridgehead atoms. The summed E-state index contributed by atoms with van der Waals surface area (Å²) in [4.78, 5) is 28.0. The molecule has 0 aliphatic heterocycles. The Morgan fingerprint density at radius 2 is 1.83 bits per heavy atom. The standard InChI is InChI=1S/C19H20F3N5O2/c1-11-13(7-8-16(28)23-9-17(29)24-10-19(20,21)22)12(2)27-18(25-11)14-5-3-4-6-15(14)26-27/h3-6H,7-10H2,1-2H3,(H,23,28)(H,24,29). The molecule has 0 radical (unpaired) electrons. The van der Waals surface area contributed by atoms with Gasteiger partial charge in [0.1, 0.15) is 6.54 Å². The van der Waals surface area contributed by atoms with Gasteiger partial charge < -0.3 is 10.6 Å². The van der Waals surface area contributed by atoms with Crippen molar-refractivity contribution in [3.8, 4) is 0 Å². The van der Waals surface area contributed by atoms with Crippen LogP contribution in [0, 0.1) is 13.8 Å². The molecule has 0 unspecified atom stereocenters. The molecule has 0 spiro atoms. The highest BCUT2D eigenvalue weighted by Crippen LogP contribution is 2.22. The SMILES string of the molecule is Cc1nc2c3ccccc3nn2c(C)c1CCC(=O)NCC(=O)NCC(F)(F)F. The quantitative estimate of drug-likeness (QED) is 0.656. The minimum absolute atomic E-state index is 0.0716. The summed E-state index contributed by atoms with van der Waals surface area (Å²) in [6.07, 6.45) is -4.05. The Bertz CT molecular complexity index is 1080. The predicted octanol–water partition coefficient (Wildman–Crippen LogP) is 2.23. The van der Waals surface area contributed by atoms with Crippen LogP contribution in [-0.2, 0) is 16.0 Å². The van der Waals surface area contributed by atoms with E-state index in [2.05, 4.69) is 15.4 Å². The first-order valence-electron chi connectivity index (χ1n) is 8.99. The number of aromatic nitrogens is 3. The van der Waals surface area contributed by atoms with Crippen molar-refractivity contribution < 1.29 is 22.8 Å². The third kappa shape index (κ3) is 4.82. The van der Waals surface area contributed by atoms with Gasteiger partial charge in [-0.25, -0.2) is 9.50 Å². The fourth-order valence-electron chi connectivity index (χ4n) is 3.11. The maximum absolute atomic E-state index is 12.1. The van der Waals surface area contributed by atoms with Gasteiger partial charge in [0.15, 0.2) is 5.65 Å². The molecule has 0 saturated heterocycles. The lowest BCUT2D eigenvalue weighted by atomic mass is 10.1. The summed E-state index contributed by atoms with van der Waals surface area (Å²) in [6.45, 7) is 1.82. The van der Waals surface area contributed by atoms with Gasteiger partial charge in [-0.1, -0.05) is 12.1 Å². The van der Waals surface area contributed by atoms with Crippen LogP contribution < -0.4 is 10.6 Å². The summed E-state index contributed by atoms with van der Waals surface area (Å²) in [5.41, 5.74) is 4.06. The molecular weight excluding hydrogens is 387 g/mol. The Morgan fingerprint density at radius 1 is 1.10 bits per heavy atom. The number of nitrogens with one attached hydrogen (secondary N) is 2. The number of aryl methyl sites for hydroxylation is 2. The summed E-state index contributed by atoms with van der Waals surface area (Å²) in [5, 5.41) is 9.52. The zero-order valence-electron chi connectivity index (χ0n) is 15.9. The Labute approximate surface area is 164 Å². The number of carbonyl (C=O) groups is 2. The van der Waals surface area contributed by atoms with E-state index in [9.17, 15) is 22.8 Å². The van der Waals surface area contributed by atoms with E-state index in [-0.39, 0.29) is 6.42 Å². The van der Waals surface area contributed by atoms with Crippen LogP contribution in [0.15, 0.2) is 24.3 Å². The summed E-state index contributed by atoms with van der Waals surface area (Å²) < 4.78 is 37.9. The molecule has 2 amide bonds. The molecule has 2 N–H and O–H groups in total. The van der Waals surface area contributed by atoms with E-state index in [1.54, 1.807) is 9.83 Å². The Kier molecular flexibility index (Phi) is 5.71. The van der Waals surface area contributed by atoms with Gasteiger partial charge in [0, 0.05) is 23.2 Å². The Morgan fingerprint density at radius 3 is 2.55 bits per heavy atom. The van der Waals surface area contributed by atoms with Crippen LogP contribution >= 0.6 is 0 Å². The van der Waals surface area contributed by atoms with Crippen molar-refractivity contribution in [1.29, 1.82) is 0 Å². The van der Waals surface area contributed by atoms with Crippen molar-refractivity contribution in [3.63, 3.8) is 0 Å². The molecule has 0 saturated carbocycles. The van der Waals surface area contributed by atoms with Gasteiger partial charge in [0.2, 0.25) is 11.8 Å². The zero-order chi connectivity index (χ0) is 21.2. The van der Waals surface area contributed by atoms with Gasteiger partial charge in [-0.3, -0.25) is 9.59 Å². The third-order valence-electron chi connectivity index (χ3n) is 4.55. The molecule has 10 heteroatoms. The average Bonchev–Trinajstić information content (AvgIpc) is 3.03. The van der Waals surface area contributed by atoms with Gasteiger partial charge in [-0.2, -0.15) is 18.3 Å². The van der Waals surface area contributed by atoms with E-state index < -0.39 is 31.1 Å². The average molecular weight is 407 g/mol. The van der Waals surface area contributed by atoms with Crippen molar-refractivity contribution >= 4 is 28.4 Å². The minimum atomic E-state index is -4.49. The second-order valence-corrected chi connectivity index (χ2v) is 6.68. The molecule has 3 rings (SSSR count). The smallest absolute Gasteiger partial charge is 0.347 e. The number of fused-ring (bicyclic) bond motifs is 3. The van der Waals surface area contributed by atoms with Gasteiger partial charge in [-0.05, 0) is 38.0 Å². The predicted molar refractivity (Wildman–Crippen MR) is 100 cm³/mol. The first-order valence-corrected chi connectivity index (χ1v) is 8.99. The number of nitrogens with zero attached hydrogens (tertiary/aromatic N) is 3. The highest BCUT2D eigenvalue weighted by Gasteiger charge is 2.27. The van der Waals surface area contributed by atoms with Crippen LogP contribution in [0.5, 0.6) is 0 Å². The molecule has 3 aromatic rings. The molecule has 0 aliphatic rings. The van der Waals surface area contributed by atoms with E-state index >= 15 is 0 Å². The molecule has 1 aromatic carbocycles. The second-order valence-electron chi connectivity index (χ2n) is 6.68. The fourth-order valence-corrected chi connectivity index (χ4v) is 3.11. The van der Waals surface area contributed by atoms with Gasteiger partial charge in [-0.15, -0.1) is 0 Å². The first kappa shape index (κ1) is 20.6. The maximum atomic E-state index is 12.1. The number of halogens is 3. The maximum Gasteiger partial charge on any atom is 0.405 e. The van der Waals surface area contributed by atoms with Crippen LogP contribution in [-0.4, -0.2) is 45.7 Å². The Balaban J connectivity index is 1.64. The summed E-state index contributed by atoms with van der Waals surface area (Å²) in [7, 11) is 0. The van der Waals surface area contributed by atoms with Crippen molar-refractivity contribution in [2.24, 2.45) is 0 Å². The normalized spacial score (nSPS) is 11.8. The van der Waals surface area contributed by atoms with E-state index in [1.807, 2.05) is 38.1 Å². The van der Waals surface area contributed by atoms with Crippen LogP contribution in [0.4, 0.5) is 13.2 Å². The molecule has 154 valence electrons. The molecule has 2 aromatic heterocycles. The number of amides is 2. The topological polar surface area (TPSA) is 88.4 Å². The molecule has 0 fully saturated rings. The van der Waals surface area contributed by atoms with Crippen LogP contribution in [0.25, 0.3) is 16.6 Å². The van der Waals surface area contributed by atoms with Crippen LogP contribution in [0.3, 0.4) is 0 Å². The molecule has 2 heterocycles. The van der Waals surface area contributed by atoms with Crippen LogP contribution in [0.1, 0.15) is 23.4 Å². The Hall–Kier alpha value is -3.17. The van der Waals surface area contributed by atoms with Gasteiger partial charge >= 0.3 is 6.18 Å². The number of carbonyl (C=O) groups excluding carboxylic acids is 2. The van der Waals surface area contributed by atoms with E-state index in [0.717, 1.165) is 33.5 Å². The third-order valence-corrected chi connectivity index (χ3v) is 4.55. The number of rotatable bonds is 6. The van der Waals surface area contributed by atoms with Crippen LogP contribution in [0.2, 0.25) is 0 Å².